The van der Waals surface area contributed by atoms with Gasteiger partial charge in [-0.1, -0.05) is 0 Å². The third-order valence-corrected chi connectivity index (χ3v) is 5.59. The van der Waals surface area contributed by atoms with Crippen molar-refractivity contribution in [1.29, 1.82) is 0 Å². The van der Waals surface area contributed by atoms with E-state index in [0.717, 1.165) is 15.8 Å². The summed E-state index contributed by atoms with van der Waals surface area (Å²) >= 11 is 4.12. The van der Waals surface area contributed by atoms with E-state index >= 15 is 0 Å². The van der Waals surface area contributed by atoms with Crippen molar-refractivity contribution >= 4 is 38.8 Å². The van der Waals surface area contributed by atoms with Gasteiger partial charge in [-0.15, -0.1) is 11.3 Å². The van der Waals surface area contributed by atoms with E-state index in [0.29, 0.717) is 23.5 Å². The van der Waals surface area contributed by atoms with Crippen LogP contribution < -0.4 is 0 Å². The lowest BCUT2D eigenvalue weighted by atomic mass is 10.0. The van der Waals surface area contributed by atoms with Crippen LogP contribution in [0.5, 0.6) is 0 Å². The molecular formula is C15H11BrF2N4OS. The van der Waals surface area contributed by atoms with Crippen LogP contribution >= 0.6 is 27.3 Å². The summed E-state index contributed by atoms with van der Waals surface area (Å²) in [6, 6.07) is 1.05. The Labute approximate surface area is 148 Å². The highest BCUT2D eigenvalue weighted by Gasteiger charge is 2.34. The molecule has 0 N–H and O–H groups in total. The van der Waals surface area contributed by atoms with Crippen molar-refractivity contribution in [1.82, 2.24) is 19.5 Å². The first-order chi connectivity index (χ1) is 11.5. The van der Waals surface area contributed by atoms with Gasteiger partial charge in [0.15, 0.2) is 17.2 Å². The Morgan fingerprint density at radius 3 is 3.04 bits per heavy atom. The normalized spacial score (nSPS) is 17.3. The predicted molar refractivity (Wildman–Crippen MR) is 88.1 cm³/mol. The molecule has 0 radical (unpaired) electrons. The first kappa shape index (κ1) is 15.6. The van der Waals surface area contributed by atoms with Crippen LogP contribution in [-0.2, 0) is 6.42 Å². The number of carbonyl (C=O) groups is 1. The van der Waals surface area contributed by atoms with E-state index in [4.69, 9.17) is 0 Å². The average Bonchev–Trinajstić information content (AvgIpc) is 3.09. The Morgan fingerprint density at radius 1 is 1.46 bits per heavy atom. The molecule has 3 aromatic rings. The zero-order chi connectivity index (χ0) is 17.0. The molecule has 0 fully saturated rings. The lowest BCUT2D eigenvalue weighted by Crippen LogP contribution is -2.38. The van der Waals surface area contributed by atoms with Gasteiger partial charge in [0, 0.05) is 35.4 Å². The molecule has 4 heterocycles. The van der Waals surface area contributed by atoms with Crippen LogP contribution in [0.2, 0.25) is 0 Å². The molecule has 9 heteroatoms. The lowest BCUT2D eigenvalue weighted by molar-refractivity contribution is 0.0669. The molecule has 1 unspecified atom stereocenters. The second kappa shape index (κ2) is 5.59. The fourth-order valence-electron chi connectivity index (χ4n) is 2.99. The average molecular weight is 413 g/mol. The van der Waals surface area contributed by atoms with Gasteiger partial charge in [-0.25, -0.2) is 13.9 Å². The molecule has 1 aliphatic rings. The molecule has 1 atom stereocenters. The number of aromatic nitrogens is 3. The van der Waals surface area contributed by atoms with Crippen LogP contribution in [0.3, 0.4) is 0 Å². The zero-order valence-electron chi connectivity index (χ0n) is 12.5. The fourth-order valence-corrected chi connectivity index (χ4v) is 4.27. The minimum atomic E-state index is -0.847. The molecule has 4 rings (SSSR count). The van der Waals surface area contributed by atoms with Gasteiger partial charge < -0.3 is 4.90 Å². The Hall–Kier alpha value is -1.87. The Kier molecular flexibility index (Phi) is 3.65. The monoisotopic (exact) mass is 412 g/mol. The number of hydrogen-bond donors (Lipinski definition) is 0. The third-order valence-electron chi connectivity index (χ3n) is 4.15. The smallest absolute Gasteiger partial charge is 0.274 e. The maximum absolute atomic E-state index is 14.0. The van der Waals surface area contributed by atoms with E-state index < -0.39 is 17.0 Å². The van der Waals surface area contributed by atoms with Crippen molar-refractivity contribution in [3.8, 4) is 0 Å². The number of fused-ring (bicyclic) bond motifs is 2. The lowest BCUT2D eigenvalue weighted by Gasteiger charge is -2.33. The standard InChI is InChI=1S/C15H11BrF2N4OS/c1-7-12-10(24-14(18)13(12)17)2-3-21(7)15(23)9-4-11-19-5-8(16)6-22(11)20-9/h4-7H,2-3H2,1H3. The molecule has 0 saturated heterocycles. The summed E-state index contributed by atoms with van der Waals surface area (Å²) in [7, 11) is 0. The second-order valence-corrected chi connectivity index (χ2v) is 7.53. The van der Waals surface area contributed by atoms with Crippen molar-refractivity contribution in [2.75, 3.05) is 6.54 Å². The topological polar surface area (TPSA) is 50.5 Å². The Bertz CT molecular complexity index is 970. The molecule has 1 aliphatic heterocycles. The minimum absolute atomic E-state index is 0.229. The van der Waals surface area contributed by atoms with Gasteiger partial charge in [-0.2, -0.15) is 9.49 Å². The molecule has 1 amide bonds. The Morgan fingerprint density at radius 2 is 2.25 bits per heavy atom. The maximum Gasteiger partial charge on any atom is 0.274 e. The molecule has 0 aliphatic carbocycles. The van der Waals surface area contributed by atoms with Crippen molar-refractivity contribution in [2.45, 2.75) is 19.4 Å². The van der Waals surface area contributed by atoms with Gasteiger partial charge in [0.2, 0.25) is 5.13 Å². The van der Waals surface area contributed by atoms with Gasteiger partial charge in [0.1, 0.15) is 0 Å². The molecule has 0 aromatic carbocycles. The quantitative estimate of drug-likeness (QED) is 0.613. The third kappa shape index (κ3) is 2.34. The number of thiophene rings is 1. The first-order valence-electron chi connectivity index (χ1n) is 7.24. The molecule has 124 valence electrons. The summed E-state index contributed by atoms with van der Waals surface area (Å²) in [5.74, 6) is -1.17. The van der Waals surface area contributed by atoms with Gasteiger partial charge >= 0.3 is 0 Å². The van der Waals surface area contributed by atoms with Crippen LogP contribution in [0.4, 0.5) is 8.78 Å². The maximum atomic E-state index is 14.0. The number of halogens is 3. The number of amides is 1. The van der Waals surface area contributed by atoms with Crippen LogP contribution in [0, 0.1) is 10.9 Å². The van der Waals surface area contributed by atoms with E-state index in [1.165, 1.54) is 9.42 Å². The van der Waals surface area contributed by atoms with Crippen LogP contribution in [0.15, 0.2) is 22.9 Å². The van der Waals surface area contributed by atoms with Gasteiger partial charge in [-0.3, -0.25) is 4.79 Å². The molecule has 0 saturated carbocycles. The fraction of sp³-hybridized carbons (Fsp3) is 0.267. The van der Waals surface area contributed by atoms with Crippen molar-refractivity contribution in [2.24, 2.45) is 0 Å². The molecule has 0 spiro atoms. The SMILES string of the molecule is CC1c2c(sc(F)c2F)CCN1C(=O)c1cc2ncc(Br)cn2n1. The van der Waals surface area contributed by atoms with Crippen LogP contribution in [-0.4, -0.2) is 31.9 Å². The highest BCUT2D eigenvalue weighted by molar-refractivity contribution is 9.10. The zero-order valence-corrected chi connectivity index (χ0v) is 14.9. The van der Waals surface area contributed by atoms with E-state index in [-0.39, 0.29) is 17.2 Å². The van der Waals surface area contributed by atoms with Crippen molar-refractivity contribution in [3.05, 3.63) is 50.0 Å². The number of carbonyl (C=O) groups excluding carboxylic acids is 1. The Balaban J connectivity index is 1.70. The largest absolute Gasteiger partial charge is 0.330 e. The summed E-state index contributed by atoms with van der Waals surface area (Å²) in [6.45, 7) is 2.10. The van der Waals surface area contributed by atoms with Gasteiger partial charge in [-0.05, 0) is 29.3 Å². The van der Waals surface area contributed by atoms with Gasteiger partial charge in [0.05, 0.1) is 10.5 Å². The first-order valence-corrected chi connectivity index (χ1v) is 8.85. The van der Waals surface area contributed by atoms with Crippen molar-refractivity contribution < 1.29 is 13.6 Å². The highest BCUT2D eigenvalue weighted by atomic mass is 79.9. The minimum Gasteiger partial charge on any atom is -0.330 e. The summed E-state index contributed by atoms with van der Waals surface area (Å²) in [5, 5.41) is 3.42. The number of hydrogen-bond acceptors (Lipinski definition) is 4. The molecular weight excluding hydrogens is 402 g/mol. The highest BCUT2D eigenvalue weighted by Crippen LogP contribution is 2.38. The van der Waals surface area contributed by atoms with E-state index in [1.54, 1.807) is 25.4 Å². The number of rotatable bonds is 1. The van der Waals surface area contributed by atoms with Crippen LogP contribution in [0.25, 0.3) is 5.65 Å². The summed E-state index contributed by atoms with van der Waals surface area (Å²) in [4.78, 5) is 19.2. The van der Waals surface area contributed by atoms with E-state index in [2.05, 4.69) is 26.0 Å². The summed E-state index contributed by atoms with van der Waals surface area (Å²) in [6.07, 6.45) is 3.75. The van der Waals surface area contributed by atoms with E-state index in [9.17, 15) is 13.6 Å². The molecule has 24 heavy (non-hydrogen) atoms. The van der Waals surface area contributed by atoms with Crippen molar-refractivity contribution in [3.63, 3.8) is 0 Å². The van der Waals surface area contributed by atoms with Crippen LogP contribution in [0.1, 0.15) is 33.9 Å². The summed E-state index contributed by atoms with van der Waals surface area (Å²) in [5.41, 5.74) is 1.05. The number of nitrogens with zero attached hydrogens (tertiary/aromatic N) is 4. The molecule has 0 bridgehead atoms. The molecule has 3 aromatic heterocycles. The summed E-state index contributed by atoms with van der Waals surface area (Å²) < 4.78 is 29.8. The van der Waals surface area contributed by atoms with E-state index in [1.807, 2.05) is 0 Å². The van der Waals surface area contributed by atoms with Gasteiger partial charge in [0.25, 0.3) is 5.91 Å². The second-order valence-electron chi connectivity index (χ2n) is 5.56. The molecule has 5 nitrogen and oxygen atoms in total. The predicted octanol–water partition coefficient (Wildman–Crippen LogP) is 3.59.